The number of carbonyl (C=O) groups is 1. The van der Waals surface area contributed by atoms with E-state index in [1.807, 2.05) is 0 Å². The van der Waals surface area contributed by atoms with Gasteiger partial charge in [-0.3, -0.25) is 4.79 Å². The zero-order valence-corrected chi connectivity index (χ0v) is 7.18. The summed E-state index contributed by atoms with van der Waals surface area (Å²) < 4.78 is 5.04. The number of rotatable bonds is 2. The lowest BCUT2D eigenvalue weighted by molar-refractivity contribution is 0.111. The number of oxazole rings is 1. The van der Waals surface area contributed by atoms with Gasteiger partial charge in [0.25, 0.3) is 0 Å². The minimum absolute atomic E-state index is 0.133. The number of benzene rings is 1. The number of carbonyl (C=O) groups excluding carboxylic acids is 1. The molecule has 1 aromatic carbocycles. The molecule has 1 heterocycles. The van der Waals surface area contributed by atoms with Gasteiger partial charge in [0.15, 0.2) is 6.29 Å². The van der Waals surface area contributed by atoms with Crippen molar-refractivity contribution in [1.82, 2.24) is 4.98 Å². The summed E-state index contributed by atoms with van der Waals surface area (Å²) in [6, 6.07) is 6.48. The molecule has 14 heavy (non-hydrogen) atoms. The van der Waals surface area contributed by atoms with Gasteiger partial charge >= 0.3 is 0 Å². The average Bonchev–Trinajstić information content (AvgIpc) is 2.66. The summed E-state index contributed by atoms with van der Waals surface area (Å²) in [5.41, 5.74) is 0.876. The highest BCUT2D eigenvalue weighted by molar-refractivity contribution is 5.72. The summed E-state index contributed by atoms with van der Waals surface area (Å²) in [4.78, 5) is 14.2. The van der Waals surface area contributed by atoms with Crippen LogP contribution in [0.3, 0.4) is 0 Å². The summed E-state index contributed by atoms with van der Waals surface area (Å²) in [6.07, 6.45) is 1.88. The number of aldehydes is 1. The zero-order valence-electron chi connectivity index (χ0n) is 7.18. The lowest BCUT2D eigenvalue weighted by atomic mass is 10.2. The first kappa shape index (κ1) is 8.50. The molecule has 1 N–H and O–H groups in total. The molecule has 70 valence electrons. The van der Waals surface area contributed by atoms with Crippen molar-refractivity contribution >= 4 is 6.29 Å². The number of aromatic hydroxyl groups is 1. The third-order valence-corrected chi connectivity index (χ3v) is 1.74. The van der Waals surface area contributed by atoms with E-state index >= 15 is 0 Å². The number of phenols is 1. The molecule has 4 heteroatoms. The lowest BCUT2D eigenvalue weighted by Gasteiger charge is -1.94. The molecule has 1 aromatic heterocycles. The van der Waals surface area contributed by atoms with Crippen molar-refractivity contribution in [2.75, 3.05) is 0 Å². The monoisotopic (exact) mass is 189 g/mol. The predicted octanol–water partition coefficient (Wildman–Crippen LogP) is 1.86. The van der Waals surface area contributed by atoms with E-state index in [2.05, 4.69) is 4.98 Å². The van der Waals surface area contributed by atoms with Crippen molar-refractivity contribution in [3.63, 3.8) is 0 Å². The molecule has 0 aliphatic rings. The second kappa shape index (κ2) is 3.33. The first-order chi connectivity index (χ1) is 6.79. The number of aromatic nitrogens is 1. The van der Waals surface area contributed by atoms with Gasteiger partial charge in [0.2, 0.25) is 5.89 Å². The summed E-state index contributed by atoms with van der Waals surface area (Å²) in [6.45, 7) is 0. The molecule has 0 aliphatic heterocycles. The van der Waals surface area contributed by atoms with Crippen molar-refractivity contribution in [2.45, 2.75) is 0 Å². The van der Waals surface area contributed by atoms with E-state index in [1.54, 1.807) is 18.2 Å². The smallest absolute Gasteiger partial charge is 0.226 e. The molecule has 0 spiro atoms. The van der Waals surface area contributed by atoms with Gasteiger partial charge in [-0.2, -0.15) is 0 Å². The minimum atomic E-state index is 0.133. The maximum atomic E-state index is 10.3. The van der Waals surface area contributed by atoms with Gasteiger partial charge in [0.05, 0.1) is 0 Å². The predicted molar refractivity (Wildman–Crippen MR) is 49.0 cm³/mol. The van der Waals surface area contributed by atoms with Crippen molar-refractivity contribution in [3.05, 3.63) is 36.2 Å². The SMILES string of the molecule is O=Cc1coc(-c2cccc(O)c2)n1. The Labute approximate surface area is 79.8 Å². The van der Waals surface area contributed by atoms with Gasteiger partial charge in [-0.25, -0.2) is 4.98 Å². The van der Waals surface area contributed by atoms with E-state index < -0.39 is 0 Å². The van der Waals surface area contributed by atoms with Crippen LogP contribution in [0.5, 0.6) is 5.75 Å². The molecule has 2 rings (SSSR count). The third kappa shape index (κ3) is 1.50. The Hall–Kier alpha value is -2.10. The fourth-order valence-corrected chi connectivity index (χ4v) is 1.11. The van der Waals surface area contributed by atoms with Gasteiger partial charge in [-0.1, -0.05) is 6.07 Å². The fraction of sp³-hybridized carbons (Fsp3) is 0. The van der Waals surface area contributed by atoms with Crippen LogP contribution in [-0.2, 0) is 0 Å². The lowest BCUT2D eigenvalue weighted by Crippen LogP contribution is -1.80. The Morgan fingerprint density at radius 3 is 2.93 bits per heavy atom. The van der Waals surface area contributed by atoms with Crippen LogP contribution >= 0.6 is 0 Å². The molecule has 0 bridgehead atoms. The first-order valence-electron chi connectivity index (χ1n) is 4.00. The van der Waals surface area contributed by atoms with Crippen LogP contribution in [-0.4, -0.2) is 16.4 Å². The zero-order chi connectivity index (χ0) is 9.97. The van der Waals surface area contributed by atoms with Crippen LogP contribution in [0.2, 0.25) is 0 Å². The molecule has 0 saturated heterocycles. The van der Waals surface area contributed by atoms with Crippen LogP contribution in [0.4, 0.5) is 0 Å². The van der Waals surface area contributed by atoms with E-state index in [0.29, 0.717) is 17.7 Å². The quantitative estimate of drug-likeness (QED) is 0.732. The van der Waals surface area contributed by atoms with Crippen LogP contribution in [0.1, 0.15) is 10.5 Å². The van der Waals surface area contributed by atoms with Crippen LogP contribution in [0.15, 0.2) is 34.9 Å². The van der Waals surface area contributed by atoms with Crippen molar-refractivity contribution < 1.29 is 14.3 Å². The summed E-state index contributed by atoms with van der Waals surface area (Å²) in [5.74, 6) is 0.455. The molecular formula is C10H7NO3. The van der Waals surface area contributed by atoms with E-state index in [1.165, 1.54) is 12.3 Å². The molecule has 0 radical (unpaired) electrons. The standard InChI is InChI=1S/C10H7NO3/c12-5-8-6-14-10(11-8)7-2-1-3-9(13)4-7/h1-6,13H. The number of hydrogen-bond donors (Lipinski definition) is 1. The molecule has 0 unspecified atom stereocenters. The molecule has 0 fully saturated rings. The topological polar surface area (TPSA) is 63.3 Å². The Kier molecular flexibility index (Phi) is 2.02. The summed E-state index contributed by atoms with van der Waals surface area (Å²) >= 11 is 0. The van der Waals surface area contributed by atoms with E-state index in [-0.39, 0.29) is 11.4 Å². The van der Waals surface area contributed by atoms with Gasteiger partial charge in [0, 0.05) is 5.56 Å². The van der Waals surface area contributed by atoms with Crippen LogP contribution in [0, 0.1) is 0 Å². The van der Waals surface area contributed by atoms with E-state index in [4.69, 9.17) is 4.42 Å². The average molecular weight is 189 g/mol. The molecule has 2 aromatic rings. The van der Waals surface area contributed by atoms with Crippen LogP contribution in [0.25, 0.3) is 11.5 Å². The Morgan fingerprint density at radius 1 is 1.43 bits per heavy atom. The van der Waals surface area contributed by atoms with Crippen molar-refractivity contribution in [1.29, 1.82) is 0 Å². The van der Waals surface area contributed by atoms with Gasteiger partial charge < -0.3 is 9.52 Å². The molecule has 4 nitrogen and oxygen atoms in total. The van der Waals surface area contributed by atoms with E-state index in [9.17, 15) is 9.90 Å². The highest BCUT2D eigenvalue weighted by atomic mass is 16.3. The Bertz CT molecular complexity index is 462. The van der Waals surface area contributed by atoms with Gasteiger partial charge in [-0.15, -0.1) is 0 Å². The number of phenolic OH excluding ortho intramolecular Hbond substituents is 1. The maximum absolute atomic E-state index is 10.3. The van der Waals surface area contributed by atoms with Crippen LogP contribution < -0.4 is 0 Å². The molecular weight excluding hydrogens is 182 g/mol. The summed E-state index contributed by atoms with van der Waals surface area (Å²) in [7, 11) is 0. The van der Waals surface area contributed by atoms with Gasteiger partial charge in [-0.05, 0) is 18.2 Å². The largest absolute Gasteiger partial charge is 0.508 e. The second-order valence-electron chi connectivity index (χ2n) is 2.75. The van der Waals surface area contributed by atoms with Crippen molar-refractivity contribution in [2.24, 2.45) is 0 Å². The molecule has 0 aliphatic carbocycles. The number of nitrogens with zero attached hydrogens (tertiary/aromatic N) is 1. The van der Waals surface area contributed by atoms with Gasteiger partial charge in [0.1, 0.15) is 17.7 Å². The van der Waals surface area contributed by atoms with E-state index in [0.717, 1.165) is 0 Å². The highest BCUT2D eigenvalue weighted by Gasteiger charge is 2.05. The summed E-state index contributed by atoms with van der Waals surface area (Å²) in [5, 5.41) is 9.20. The normalized spacial score (nSPS) is 10.0. The molecule has 0 saturated carbocycles. The Balaban J connectivity index is 2.43. The first-order valence-corrected chi connectivity index (χ1v) is 4.00. The minimum Gasteiger partial charge on any atom is -0.508 e. The maximum Gasteiger partial charge on any atom is 0.226 e. The highest BCUT2D eigenvalue weighted by Crippen LogP contribution is 2.21. The van der Waals surface area contributed by atoms with Crippen molar-refractivity contribution in [3.8, 4) is 17.2 Å². The molecule has 0 amide bonds. The second-order valence-corrected chi connectivity index (χ2v) is 2.75. The number of hydrogen-bond acceptors (Lipinski definition) is 4. The third-order valence-electron chi connectivity index (χ3n) is 1.74. The fourth-order valence-electron chi connectivity index (χ4n) is 1.11. The molecule has 0 atom stereocenters. The Morgan fingerprint density at radius 2 is 2.29 bits per heavy atom.